The molecule has 1 saturated heterocycles. The van der Waals surface area contributed by atoms with Gasteiger partial charge in [-0.15, -0.1) is 0 Å². The fourth-order valence-corrected chi connectivity index (χ4v) is 3.67. The third-order valence-corrected chi connectivity index (χ3v) is 4.80. The second kappa shape index (κ2) is 7.25. The monoisotopic (exact) mass is 267 g/mol. The first-order chi connectivity index (χ1) is 9.27. The Morgan fingerprint density at radius 1 is 1.05 bits per heavy atom. The zero-order valence-corrected chi connectivity index (χ0v) is 12.1. The maximum absolute atomic E-state index is 11.7. The van der Waals surface area contributed by atoms with Crippen LogP contribution in [0.25, 0.3) is 0 Å². The summed E-state index contributed by atoms with van der Waals surface area (Å²) in [5.41, 5.74) is 5.68. The van der Waals surface area contributed by atoms with E-state index in [0.29, 0.717) is 13.0 Å². The highest BCUT2D eigenvalue weighted by atomic mass is 16.1. The summed E-state index contributed by atoms with van der Waals surface area (Å²) in [6.45, 7) is 3.70. The number of nitrogens with zero attached hydrogens (tertiary/aromatic N) is 1. The van der Waals surface area contributed by atoms with Gasteiger partial charge >= 0.3 is 0 Å². The molecule has 1 amide bonds. The average molecular weight is 267 g/mol. The van der Waals surface area contributed by atoms with E-state index < -0.39 is 0 Å². The Balaban J connectivity index is 1.95. The number of carbonyl (C=O) groups is 1. The molecule has 0 unspecified atom stereocenters. The third-order valence-electron chi connectivity index (χ3n) is 4.80. The van der Waals surface area contributed by atoms with E-state index >= 15 is 0 Å². The maximum Gasteiger partial charge on any atom is 0.221 e. The summed E-state index contributed by atoms with van der Waals surface area (Å²) in [6.07, 6.45) is 10.9. The van der Waals surface area contributed by atoms with Crippen molar-refractivity contribution in [3.05, 3.63) is 0 Å². The number of hydrogen-bond donors (Lipinski definition) is 2. The molecule has 0 aromatic rings. The van der Waals surface area contributed by atoms with Crippen LogP contribution < -0.4 is 11.1 Å². The zero-order chi connectivity index (χ0) is 13.6. The Hall–Kier alpha value is -0.610. The van der Waals surface area contributed by atoms with Gasteiger partial charge in [0.2, 0.25) is 5.91 Å². The van der Waals surface area contributed by atoms with Gasteiger partial charge in [-0.3, -0.25) is 9.69 Å². The van der Waals surface area contributed by atoms with E-state index in [1.165, 1.54) is 64.5 Å². The Morgan fingerprint density at radius 2 is 1.68 bits per heavy atom. The van der Waals surface area contributed by atoms with Crippen molar-refractivity contribution in [1.29, 1.82) is 0 Å². The van der Waals surface area contributed by atoms with Crippen LogP contribution in [0.2, 0.25) is 0 Å². The lowest BCUT2D eigenvalue weighted by Gasteiger charge is -2.48. The van der Waals surface area contributed by atoms with Crippen LogP contribution in [0.1, 0.15) is 57.8 Å². The van der Waals surface area contributed by atoms with Crippen LogP contribution in [0.15, 0.2) is 0 Å². The molecule has 0 aromatic heterocycles. The van der Waals surface area contributed by atoms with Crippen molar-refractivity contribution in [2.45, 2.75) is 63.3 Å². The first kappa shape index (κ1) is 14.8. The molecule has 1 heterocycles. The molecule has 4 heteroatoms. The second-order valence-corrected chi connectivity index (χ2v) is 6.15. The molecule has 0 bridgehead atoms. The van der Waals surface area contributed by atoms with Gasteiger partial charge in [-0.25, -0.2) is 0 Å². The molecule has 1 aliphatic heterocycles. The predicted octanol–water partition coefficient (Wildman–Crippen LogP) is 1.64. The zero-order valence-electron chi connectivity index (χ0n) is 12.1. The lowest BCUT2D eigenvalue weighted by Crippen LogP contribution is -2.58. The van der Waals surface area contributed by atoms with Gasteiger partial charge in [0.05, 0.1) is 0 Å². The second-order valence-electron chi connectivity index (χ2n) is 6.15. The molecule has 0 spiro atoms. The van der Waals surface area contributed by atoms with Crippen molar-refractivity contribution < 1.29 is 4.79 Å². The van der Waals surface area contributed by atoms with Crippen LogP contribution in [0.3, 0.4) is 0 Å². The van der Waals surface area contributed by atoms with Gasteiger partial charge < -0.3 is 11.1 Å². The van der Waals surface area contributed by atoms with E-state index in [-0.39, 0.29) is 11.4 Å². The van der Waals surface area contributed by atoms with Crippen LogP contribution in [-0.2, 0) is 4.79 Å². The number of likely N-dealkylation sites (tertiary alicyclic amines) is 1. The molecule has 2 rings (SSSR count). The summed E-state index contributed by atoms with van der Waals surface area (Å²) in [5.74, 6) is 0.115. The maximum atomic E-state index is 11.7. The summed E-state index contributed by atoms with van der Waals surface area (Å²) in [5, 5.41) is 3.13. The van der Waals surface area contributed by atoms with Crippen molar-refractivity contribution in [3.8, 4) is 0 Å². The lowest BCUT2D eigenvalue weighted by molar-refractivity contribution is -0.121. The summed E-state index contributed by atoms with van der Waals surface area (Å²) in [7, 11) is 0. The largest absolute Gasteiger partial charge is 0.354 e. The molecule has 4 nitrogen and oxygen atoms in total. The summed E-state index contributed by atoms with van der Waals surface area (Å²) < 4.78 is 0. The number of hydrogen-bond acceptors (Lipinski definition) is 3. The highest BCUT2D eigenvalue weighted by molar-refractivity contribution is 5.76. The molecule has 3 N–H and O–H groups in total. The topological polar surface area (TPSA) is 58.4 Å². The number of amides is 1. The minimum Gasteiger partial charge on any atom is -0.354 e. The Labute approximate surface area is 117 Å². The molecule has 19 heavy (non-hydrogen) atoms. The van der Waals surface area contributed by atoms with Gasteiger partial charge in [-0.2, -0.15) is 0 Å². The fourth-order valence-electron chi connectivity index (χ4n) is 3.67. The van der Waals surface area contributed by atoms with Crippen LogP contribution in [0, 0.1) is 0 Å². The van der Waals surface area contributed by atoms with Crippen molar-refractivity contribution in [3.63, 3.8) is 0 Å². The molecule has 0 radical (unpaired) electrons. The van der Waals surface area contributed by atoms with E-state index in [9.17, 15) is 4.79 Å². The van der Waals surface area contributed by atoms with Gasteiger partial charge in [0.1, 0.15) is 0 Å². The Bertz CT molecular complexity index is 281. The van der Waals surface area contributed by atoms with Gasteiger partial charge in [-0.05, 0) is 38.8 Å². The van der Waals surface area contributed by atoms with Gasteiger partial charge in [0, 0.05) is 25.0 Å². The molecule has 2 aliphatic rings. The van der Waals surface area contributed by atoms with Gasteiger partial charge in [0.25, 0.3) is 0 Å². The minimum atomic E-state index is 0.115. The SMILES string of the molecule is NCCC(=O)NCC1(N2CCCCC2)CCCCC1. The van der Waals surface area contributed by atoms with Gasteiger partial charge in [-0.1, -0.05) is 25.7 Å². The number of piperidine rings is 1. The molecule has 0 aromatic carbocycles. The Morgan fingerprint density at radius 3 is 2.32 bits per heavy atom. The molecule has 1 aliphatic carbocycles. The number of carbonyl (C=O) groups excluding carboxylic acids is 1. The summed E-state index contributed by atoms with van der Waals surface area (Å²) >= 11 is 0. The quantitative estimate of drug-likeness (QED) is 0.796. The number of nitrogens with one attached hydrogen (secondary N) is 1. The molecule has 1 saturated carbocycles. The third kappa shape index (κ3) is 3.93. The average Bonchev–Trinajstić information content (AvgIpc) is 2.47. The molecule has 110 valence electrons. The number of rotatable bonds is 5. The van der Waals surface area contributed by atoms with Crippen molar-refractivity contribution >= 4 is 5.91 Å². The first-order valence-electron chi connectivity index (χ1n) is 7.99. The molecule has 0 atom stereocenters. The van der Waals surface area contributed by atoms with E-state index in [1.807, 2.05) is 0 Å². The van der Waals surface area contributed by atoms with E-state index in [4.69, 9.17) is 5.73 Å². The van der Waals surface area contributed by atoms with Crippen molar-refractivity contribution in [1.82, 2.24) is 10.2 Å². The minimum absolute atomic E-state index is 0.115. The van der Waals surface area contributed by atoms with Gasteiger partial charge in [0.15, 0.2) is 0 Å². The van der Waals surface area contributed by atoms with Crippen molar-refractivity contribution in [2.75, 3.05) is 26.2 Å². The van der Waals surface area contributed by atoms with Crippen molar-refractivity contribution in [2.24, 2.45) is 5.73 Å². The molecular weight excluding hydrogens is 238 g/mol. The Kier molecular flexibility index (Phi) is 5.64. The summed E-state index contributed by atoms with van der Waals surface area (Å²) in [4.78, 5) is 14.4. The summed E-state index contributed by atoms with van der Waals surface area (Å²) in [6, 6.07) is 0. The van der Waals surface area contributed by atoms with Crippen LogP contribution >= 0.6 is 0 Å². The highest BCUT2D eigenvalue weighted by Gasteiger charge is 2.38. The number of nitrogens with two attached hydrogens (primary N) is 1. The normalized spacial score (nSPS) is 24.1. The highest BCUT2D eigenvalue weighted by Crippen LogP contribution is 2.35. The standard InChI is InChI=1S/C15H29N3O/c16-10-7-14(19)17-13-15(8-3-1-4-9-15)18-11-5-2-6-12-18/h1-13,16H2,(H,17,19). The molecular formula is C15H29N3O. The predicted molar refractivity (Wildman–Crippen MR) is 77.9 cm³/mol. The van der Waals surface area contributed by atoms with Crippen LogP contribution in [0.5, 0.6) is 0 Å². The lowest BCUT2D eigenvalue weighted by atomic mass is 9.79. The smallest absolute Gasteiger partial charge is 0.221 e. The van der Waals surface area contributed by atoms with Crippen LogP contribution in [0.4, 0.5) is 0 Å². The van der Waals surface area contributed by atoms with E-state index in [0.717, 1.165) is 6.54 Å². The molecule has 2 fully saturated rings. The van der Waals surface area contributed by atoms with E-state index in [2.05, 4.69) is 10.2 Å². The fraction of sp³-hybridized carbons (Fsp3) is 0.933. The van der Waals surface area contributed by atoms with E-state index in [1.54, 1.807) is 0 Å². The van der Waals surface area contributed by atoms with Crippen LogP contribution in [-0.4, -0.2) is 42.5 Å². The first-order valence-corrected chi connectivity index (χ1v) is 7.99.